The molecule has 0 spiro atoms. The number of hydrogen-bond donors (Lipinski definition) is 1. The molecule has 0 bridgehead atoms. The van der Waals surface area contributed by atoms with Gasteiger partial charge in [-0.15, -0.1) is 0 Å². The second kappa shape index (κ2) is 6.94. The zero-order valence-electron chi connectivity index (χ0n) is 11.6. The molecule has 1 N–H and O–H groups in total. The fraction of sp³-hybridized carbons (Fsp3) is 0.600. The highest BCUT2D eigenvalue weighted by Gasteiger charge is 2.22. The summed E-state index contributed by atoms with van der Waals surface area (Å²) in [6.45, 7) is 4.49. The van der Waals surface area contributed by atoms with Crippen molar-refractivity contribution >= 4 is 23.2 Å². The third-order valence-electron chi connectivity index (χ3n) is 4.16. The molecule has 2 rings (SSSR count). The van der Waals surface area contributed by atoms with Crippen molar-refractivity contribution in [3.8, 4) is 0 Å². The number of hydrogen-bond acceptors (Lipinski definition) is 2. The summed E-state index contributed by atoms with van der Waals surface area (Å²) >= 11 is 12.1. The predicted molar refractivity (Wildman–Crippen MR) is 83.1 cm³/mol. The molecule has 0 amide bonds. The van der Waals surface area contributed by atoms with Gasteiger partial charge in [0.15, 0.2) is 0 Å². The van der Waals surface area contributed by atoms with Crippen molar-refractivity contribution in [3.63, 3.8) is 0 Å². The zero-order valence-corrected chi connectivity index (χ0v) is 13.1. The van der Waals surface area contributed by atoms with Crippen LogP contribution in [-0.4, -0.2) is 31.1 Å². The molecule has 1 fully saturated rings. The Morgan fingerprint density at radius 1 is 1.21 bits per heavy atom. The third-order valence-corrected chi connectivity index (χ3v) is 4.90. The van der Waals surface area contributed by atoms with Gasteiger partial charge in [-0.25, -0.2) is 0 Å². The molecule has 0 aliphatic carbocycles. The normalized spacial score (nSPS) is 22.3. The number of nitrogens with one attached hydrogen (secondary N) is 1. The molecule has 1 aliphatic heterocycles. The minimum Gasteiger partial charge on any atom is -0.317 e. The highest BCUT2D eigenvalue weighted by molar-refractivity contribution is 6.42. The maximum Gasteiger partial charge on any atom is 0.0595 e. The molecule has 4 heteroatoms. The lowest BCUT2D eigenvalue weighted by Gasteiger charge is -2.33. The highest BCUT2D eigenvalue weighted by Crippen LogP contribution is 2.29. The standard InChI is InChI=1S/C15H22Cl2N2/c1-11(12-5-6-14(16)15(17)10-12)19(2)13-4-3-8-18-9-7-13/h5-6,10-11,13,18H,3-4,7-9H2,1-2H3. The van der Waals surface area contributed by atoms with Crippen LogP contribution < -0.4 is 5.32 Å². The summed E-state index contributed by atoms with van der Waals surface area (Å²) in [5.74, 6) is 0. The first-order valence-electron chi connectivity index (χ1n) is 6.97. The monoisotopic (exact) mass is 300 g/mol. The summed E-state index contributed by atoms with van der Waals surface area (Å²) in [6, 6.07) is 6.94. The predicted octanol–water partition coefficient (Wildman–Crippen LogP) is 4.13. The molecule has 1 aliphatic rings. The molecule has 1 heterocycles. The van der Waals surface area contributed by atoms with Crippen LogP contribution in [0.5, 0.6) is 0 Å². The van der Waals surface area contributed by atoms with Crippen molar-refractivity contribution < 1.29 is 0 Å². The van der Waals surface area contributed by atoms with E-state index in [4.69, 9.17) is 23.2 Å². The van der Waals surface area contributed by atoms with E-state index < -0.39 is 0 Å². The number of nitrogens with zero attached hydrogens (tertiary/aromatic N) is 1. The number of halogens is 2. The first kappa shape index (κ1) is 15.1. The Balaban J connectivity index is 2.08. The van der Waals surface area contributed by atoms with Crippen LogP contribution in [-0.2, 0) is 0 Å². The van der Waals surface area contributed by atoms with Crippen molar-refractivity contribution in [1.82, 2.24) is 10.2 Å². The second-order valence-electron chi connectivity index (χ2n) is 5.35. The van der Waals surface area contributed by atoms with Crippen LogP contribution in [0.2, 0.25) is 10.0 Å². The van der Waals surface area contributed by atoms with E-state index in [0.29, 0.717) is 22.1 Å². The van der Waals surface area contributed by atoms with Gasteiger partial charge in [-0.2, -0.15) is 0 Å². The van der Waals surface area contributed by atoms with Crippen LogP contribution in [0.1, 0.15) is 37.8 Å². The second-order valence-corrected chi connectivity index (χ2v) is 6.16. The molecule has 0 aromatic heterocycles. The van der Waals surface area contributed by atoms with Gasteiger partial charge in [-0.3, -0.25) is 4.90 Å². The molecule has 1 saturated heterocycles. The fourth-order valence-corrected chi connectivity index (χ4v) is 3.04. The van der Waals surface area contributed by atoms with Gasteiger partial charge >= 0.3 is 0 Å². The molecule has 0 saturated carbocycles. The maximum absolute atomic E-state index is 6.11. The van der Waals surface area contributed by atoms with Gasteiger partial charge in [0.05, 0.1) is 10.0 Å². The first-order valence-corrected chi connectivity index (χ1v) is 7.73. The minimum absolute atomic E-state index is 0.359. The van der Waals surface area contributed by atoms with E-state index >= 15 is 0 Å². The quantitative estimate of drug-likeness (QED) is 0.903. The summed E-state index contributed by atoms with van der Waals surface area (Å²) in [5, 5.41) is 4.73. The largest absolute Gasteiger partial charge is 0.317 e. The van der Waals surface area contributed by atoms with E-state index in [9.17, 15) is 0 Å². The maximum atomic E-state index is 6.11. The van der Waals surface area contributed by atoms with E-state index in [1.165, 1.54) is 24.8 Å². The summed E-state index contributed by atoms with van der Waals surface area (Å²) < 4.78 is 0. The summed E-state index contributed by atoms with van der Waals surface area (Å²) in [4.78, 5) is 2.46. The first-order chi connectivity index (χ1) is 9.09. The van der Waals surface area contributed by atoms with E-state index in [1.54, 1.807) is 0 Å². The summed E-state index contributed by atoms with van der Waals surface area (Å²) in [6.07, 6.45) is 3.72. The SMILES string of the molecule is CC(c1ccc(Cl)c(Cl)c1)N(C)C1CCCNCC1. The van der Waals surface area contributed by atoms with Crippen LogP contribution in [0, 0.1) is 0 Å². The van der Waals surface area contributed by atoms with Gasteiger partial charge in [0.1, 0.15) is 0 Å². The van der Waals surface area contributed by atoms with Crippen molar-refractivity contribution in [3.05, 3.63) is 33.8 Å². The van der Waals surface area contributed by atoms with Gasteiger partial charge in [0, 0.05) is 12.1 Å². The van der Waals surface area contributed by atoms with Crippen molar-refractivity contribution in [2.24, 2.45) is 0 Å². The smallest absolute Gasteiger partial charge is 0.0595 e. The van der Waals surface area contributed by atoms with E-state index in [-0.39, 0.29) is 0 Å². The Bertz CT molecular complexity index is 415. The molecule has 0 radical (unpaired) electrons. The molecule has 1 aromatic carbocycles. The number of benzene rings is 1. The van der Waals surface area contributed by atoms with Gasteiger partial charge in [-0.1, -0.05) is 29.3 Å². The topological polar surface area (TPSA) is 15.3 Å². The summed E-state index contributed by atoms with van der Waals surface area (Å²) in [5.41, 5.74) is 1.23. The lowest BCUT2D eigenvalue weighted by molar-refractivity contribution is 0.171. The van der Waals surface area contributed by atoms with Crippen molar-refractivity contribution in [2.75, 3.05) is 20.1 Å². The van der Waals surface area contributed by atoms with Crippen LogP contribution in [0.15, 0.2) is 18.2 Å². The van der Waals surface area contributed by atoms with Crippen LogP contribution >= 0.6 is 23.2 Å². The fourth-order valence-electron chi connectivity index (χ4n) is 2.73. The van der Waals surface area contributed by atoms with Gasteiger partial charge in [-0.05, 0) is 64.0 Å². The molecule has 2 atom stereocenters. The Hall–Kier alpha value is -0.280. The van der Waals surface area contributed by atoms with E-state index in [2.05, 4.69) is 30.3 Å². The minimum atomic E-state index is 0.359. The van der Waals surface area contributed by atoms with Gasteiger partial charge in [0.25, 0.3) is 0 Å². The van der Waals surface area contributed by atoms with Crippen LogP contribution in [0.4, 0.5) is 0 Å². The Morgan fingerprint density at radius 2 is 2.00 bits per heavy atom. The van der Waals surface area contributed by atoms with Crippen LogP contribution in [0.25, 0.3) is 0 Å². The van der Waals surface area contributed by atoms with Gasteiger partial charge < -0.3 is 5.32 Å². The molecule has 106 valence electrons. The lowest BCUT2D eigenvalue weighted by Crippen LogP contribution is -2.34. The van der Waals surface area contributed by atoms with E-state index in [0.717, 1.165) is 13.1 Å². The van der Waals surface area contributed by atoms with Crippen molar-refractivity contribution in [1.29, 1.82) is 0 Å². The average molecular weight is 301 g/mol. The molecule has 2 nitrogen and oxygen atoms in total. The molecular weight excluding hydrogens is 279 g/mol. The lowest BCUT2D eigenvalue weighted by atomic mass is 10.0. The third kappa shape index (κ3) is 3.85. The van der Waals surface area contributed by atoms with E-state index in [1.807, 2.05) is 12.1 Å². The molecule has 19 heavy (non-hydrogen) atoms. The Kier molecular flexibility index (Phi) is 5.52. The van der Waals surface area contributed by atoms with Gasteiger partial charge in [0.2, 0.25) is 0 Å². The zero-order chi connectivity index (χ0) is 13.8. The molecule has 1 aromatic rings. The summed E-state index contributed by atoms with van der Waals surface area (Å²) in [7, 11) is 2.21. The van der Waals surface area contributed by atoms with Crippen LogP contribution in [0.3, 0.4) is 0 Å². The molecule has 2 unspecified atom stereocenters. The highest BCUT2D eigenvalue weighted by atomic mass is 35.5. The number of rotatable bonds is 3. The molecular formula is C15H22Cl2N2. The Labute approximate surface area is 126 Å². The average Bonchev–Trinajstić information content (AvgIpc) is 2.69. The Morgan fingerprint density at radius 3 is 2.74 bits per heavy atom. The van der Waals surface area contributed by atoms with Crippen molar-refractivity contribution in [2.45, 2.75) is 38.3 Å².